The molecule has 4 nitrogen and oxygen atoms in total. The monoisotopic (exact) mass is 389 g/mol. The van der Waals surface area contributed by atoms with E-state index >= 15 is 0 Å². The van der Waals surface area contributed by atoms with Gasteiger partial charge in [0, 0.05) is 6.07 Å². The second-order valence-electron chi connectivity index (χ2n) is 7.24. The van der Waals surface area contributed by atoms with Crippen LogP contribution >= 0.6 is 0 Å². The van der Waals surface area contributed by atoms with Crippen LogP contribution < -0.4 is 14.8 Å². The molecule has 29 heavy (non-hydrogen) atoms. The molecule has 1 N–H and O–H groups in total. The normalized spacial score (nSPS) is 16.7. The van der Waals surface area contributed by atoms with Crippen LogP contribution in [0, 0.1) is 0 Å². The highest BCUT2D eigenvalue weighted by molar-refractivity contribution is 5.39. The Balaban J connectivity index is 1.63. The maximum Gasteiger partial charge on any atom is 0.122 e. The van der Waals surface area contributed by atoms with Crippen molar-refractivity contribution in [2.24, 2.45) is 0 Å². The molecule has 1 heterocycles. The Hall–Kier alpha value is -2.82. The first kappa shape index (κ1) is 19.5. The van der Waals surface area contributed by atoms with Crippen molar-refractivity contribution in [3.8, 4) is 11.5 Å². The van der Waals surface area contributed by atoms with Crippen LogP contribution in [0.4, 0.5) is 0 Å². The van der Waals surface area contributed by atoms with Gasteiger partial charge in [-0.3, -0.25) is 0 Å². The standard InChI is InChI=1S/C25H27NO3/c1-27-21-14-18(15-22(16-21)28-2)17-29-25(20-9-4-3-5-10-20)24-23-11-7-6-8-19(23)12-13-26-24/h3-11,14-16,24-26H,12-13,17H2,1-2H3. The third-order valence-corrected chi connectivity index (χ3v) is 5.42. The lowest BCUT2D eigenvalue weighted by atomic mass is 9.88. The Morgan fingerprint density at radius 2 is 1.59 bits per heavy atom. The second-order valence-corrected chi connectivity index (χ2v) is 7.24. The molecule has 2 unspecified atom stereocenters. The molecule has 3 aromatic carbocycles. The fourth-order valence-corrected chi connectivity index (χ4v) is 3.97. The largest absolute Gasteiger partial charge is 0.497 e. The van der Waals surface area contributed by atoms with Crippen molar-refractivity contribution in [2.75, 3.05) is 20.8 Å². The summed E-state index contributed by atoms with van der Waals surface area (Å²) in [6.07, 6.45) is 0.941. The summed E-state index contributed by atoms with van der Waals surface area (Å²) in [5, 5.41) is 3.68. The van der Waals surface area contributed by atoms with Gasteiger partial charge in [0.25, 0.3) is 0 Å². The van der Waals surface area contributed by atoms with E-state index in [0.29, 0.717) is 6.61 Å². The topological polar surface area (TPSA) is 39.7 Å². The van der Waals surface area contributed by atoms with E-state index < -0.39 is 0 Å². The minimum Gasteiger partial charge on any atom is -0.497 e. The van der Waals surface area contributed by atoms with Crippen molar-refractivity contribution in [2.45, 2.75) is 25.2 Å². The van der Waals surface area contributed by atoms with Gasteiger partial charge in [-0.25, -0.2) is 0 Å². The van der Waals surface area contributed by atoms with Crippen molar-refractivity contribution < 1.29 is 14.2 Å². The first-order valence-corrected chi connectivity index (χ1v) is 9.98. The van der Waals surface area contributed by atoms with Crippen LogP contribution in [0.3, 0.4) is 0 Å². The molecule has 4 rings (SSSR count). The van der Waals surface area contributed by atoms with Gasteiger partial charge in [0.05, 0.1) is 26.9 Å². The number of benzene rings is 3. The highest BCUT2D eigenvalue weighted by atomic mass is 16.5. The van der Waals surface area contributed by atoms with Crippen molar-refractivity contribution in [1.82, 2.24) is 5.32 Å². The van der Waals surface area contributed by atoms with E-state index in [-0.39, 0.29) is 12.1 Å². The number of nitrogens with one attached hydrogen (secondary N) is 1. The Morgan fingerprint density at radius 3 is 2.31 bits per heavy atom. The summed E-state index contributed by atoms with van der Waals surface area (Å²) < 4.78 is 17.3. The summed E-state index contributed by atoms with van der Waals surface area (Å²) in [5.41, 5.74) is 4.89. The lowest BCUT2D eigenvalue weighted by Crippen LogP contribution is -2.34. The third-order valence-electron chi connectivity index (χ3n) is 5.42. The lowest BCUT2D eigenvalue weighted by Gasteiger charge is -2.33. The molecular weight excluding hydrogens is 362 g/mol. The van der Waals surface area contributed by atoms with Gasteiger partial charge in [-0.2, -0.15) is 0 Å². The van der Waals surface area contributed by atoms with Crippen molar-refractivity contribution in [3.63, 3.8) is 0 Å². The van der Waals surface area contributed by atoms with E-state index in [1.165, 1.54) is 11.1 Å². The van der Waals surface area contributed by atoms with Gasteiger partial charge in [-0.1, -0.05) is 54.6 Å². The summed E-state index contributed by atoms with van der Waals surface area (Å²) in [7, 11) is 3.32. The maximum absolute atomic E-state index is 6.54. The van der Waals surface area contributed by atoms with Crippen molar-refractivity contribution in [3.05, 3.63) is 95.1 Å². The molecule has 0 aromatic heterocycles. The number of fused-ring (bicyclic) bond motifs is 1. The minimum absolute atomic E-state index is 0.102. The average Bonchev–Trinajstić information content (AvgIpc) is 2.79. The van der Waals surface area contributed by atoms with Crippen LogP contribution in [-0.2, 0) is 17.8 Å². The second kappa shape index (κ2) is 9.12. The summed E-state index contributed by atoms with van der Waals surface area (Å²) in [5.74, 6) is 1.53. The first-order chi connectivity index (χ1) is 14.3. The highest BCUT2D eigenvalue weighted by Crippen LogP contribution is 2.37. The van der Waals surface area contributed by atoms with Crippen LogP contribution in [0.5, 0.6) is 11.5 Å². The Kier molecular flexibility index (Phi) is 6.13. The van der Waals surface area contributed by atoms with Crippen LogP contribution in [0.25, 0.3) is 0 Å². The zero-order chi connectivity index (χ0) is 20.1. The van der Waals surface area contributed by atoms with Crippen LogP contribution in [0.15, 0.2) is 72.8 Å². The summed E-state index contributed by atoms with van der Waals surface area (Å²) in [4.78, 5) is 0. The predicted molar refractivity (Wildman–Crippen MR) is 114 cm³/mol. The van der Waals surface area contributed by atoms with Gasteiger partial charge < -0.3 is 19.5 Å². The molecule has 0 fully saturated rings. The van der Waals surface area contributed by atoms with Gasteiger partial charge in [-0.15, -0.1) is 0 Å². The zero-order valence-corrected chi connectivity index (χ0v) is 16.9. The van der Waals surface area contributed by atoms with E-state index in [9.17, 15) is 0 Å². The number of methoxy groups -OCH3 is 2. The quantitative estimate of drug-likeness (QED) is 0.627. The van der Waals surface area contributed by atoms with Crippen molar-refractivity contribution in [1.29, 1.82) is 0 Å². The number of hydrogen-bond acceptors (Lipinski definition) is 4. The number of hydrogen-bond donors (Lipinski definition) is 1. The molecule has 0 radical (unpaired) electrons. The van der Waals surface area contributed by atoms with Crippen LogP contribution in [0.2, 0.25) is 0 Å². The smallest absolute Gasteiger partial charge is 0.122 e. The van der Waals surface area contributed by atoms with Gasteiger partial charge in [-0.05, 0) is 47.4 Å². The van der Waals surface area contributed by atoms with E-state index in [2.05, 4.69) is 53.8 Å². The first-order valence-electron chi connectivity index (χ1n) is 9.98. The molecule has 1 aliphatic heterocycles. The number of rotatable bonds is 7. The molecule has 0 aliphatic carbocycles. The van der Waals surface area contributed by atoms with E-state index in [1.807, 2.05) is 24.3 Å². The fourth-order valence-electron chi connectivity index (χ4n) is 3.97. The highest BCUT2D eigenvalue weighted by Gasteiger charge is 2.29. The molecular formula is C25H27NO3. The van der Waals surface area contributed by atoms with E-state index in [1.54, 1.807) is 14.2 Å². The minimum atomic E-state index is -0.102. The lowest BCUT2D eigenvalue weighted by molar-refractivity contribution is 0.0107. The van der Waals surface area contributed by atoms with Gasteiger partial charge in [0.2, 0.25) is 0 Å². The molecule has 0 spiro atoms. The van der Waals surface area contributed by atoms with Crippen LogP contribution in [0.1, 0.15) is 34.4 Å². The molecule has 0 saturated carbocycles. The number of ether oxygens (including phenoxy) is 3. The molecule has 0 amide bonds. The summed E-state index contributed by atoms with van der Waals surface area (Å²) >= 11 is 0. The molecule has 3 aromatic rings. The van der Waals surface area contributed by atoms with E-state index in [0.717, 1.165) is 35.6 Å². The fraction of sp³-hybridized carbons (Fsp3) is 0.280. The Bertz CT molecular complexity index is 920. The summed E-state index contributed by atoms with van der Waals surface area (Å²) in [6, 6.07) is 25.0. The third kappa shape index (κ3) is 4.44. The van der Waals surface area contributed by atoms with E-state index in [4.69, 9.17) is 14.2 Å². The van der Waals surface area contributed by atoms with Gasteiger partial charge >= 0.3 is 0 Å². The Morgan fingerprint density at radius 1 is 0.897 bits per heavy atom. The molecule has 4 heteroatoms. The van der Waals surface area contributed by atoms with Gasteiger partial charge in [0.1, 0.15) is 17.6 Å². The van der Waals surface area contributed by atoms with Crippen LogP contribution in [-0.4, -0.2) is 20.8 Å². The average molecular weight is 389 g/mol. The van der Waals surface area contributed by atoms with Crippen molar-refractivity contribution >= 4 is 0 Å². The zero-order valence-electron chi connectivity index (χ0n) is 16.9. The molecule has 1 aliphatic rings. The SMILES string of the molecule is COc1cc(COC(c2ccccc2)C2NCCc3ccccc32)cc(OC)c1. The van der Waals surface area contributed by atoms with Gasteiger partial charge in [0.15, 0.2) is 0 Å². The molecule has 150 valence electrons. The molecule has 2 atom stereocenters. The molecule has 0 bridgehead atoms. The predicted octanol–water partition coefficient (Wildman–Crippen LogP) is 4.85. The molecule has 0 saturated heterocycles. The Labute approximate surface area is 172 Å². The summed E-state index contributed by atoms with van der Waals surface area (Å²) in [6.45, 7) is 1.41. The maximum atomic E-state index is 6.54.